The maximum atomic E-state index is 6.14. The molecule has 0 aliphatic rings. The standard InChI is InChI=1S/C15H19Cl2NO/c1-4-10-18-14(15(2,16)17)9-8-12-6-5-7-13(11-12)19-3/h5-7,11,14,18H,4,10H2,1-3H3. The largest absolute Gasteiger partial charge is 0.497 e. The second-order valence-electron chi connectivity index (χ2n) is 4.34. The zero-order valence-electron chi connectivity index (χ0n) is 11.5. The second-order valence-corrected chi connectivity index (χ2v) is 6.11. The van der Waals surface area contributed by atoms with Crippen molar-refractivity contribution in [1.82, 2.24) is 5.32 Å². The topological polar surface area (TPSA) is 21.3 Å². The van der Waals surface area contributed by atoms with Crippen LogP contribution in [0, 0.1) is 11.8 Å². The number of benzene rings is 1. The number of alkyl halides is 2. The van der Waals surface area contributed by atoms with E-state index in [-0.39, 0.29) is 6.04 Å². The van der Waals surface area contributed by atoms with Gasteiger partial charge in [-0.3, -0.25) is 0 Å². The molecule has 0 aliphatic carbocycles. The van der Waals surface area contributed by atoms with Gasteiger partial charge in [0, 0.05) is 5.56 Å². The van der Waals surface area contributed by atoms with Gasteiger partial charge in [-0.2, -0.15) is 0 Å². The number of hydrogen-bond acceptors (Lipinski definition) is 2. The van der Waals surface area contributed by atoms with E-state index in [2.05, 4.69) is 24.1 Å². The fraction of sp³-hybridized carbons (Fsp3) is 0.467. The molecule has 0 saturated carbocycles. The van der Waals surface area contributed by atoms with Crippen LogP contribution >= 0.6 is 23.2 Å². The molecule has 0 radical (unpaired) electrons. The fourth-order valence-corrected chi connectivity index (χ4v) is 1.77. The van der Waals surface area contributed by atoms with Crippen LogP contribution in [0.3, 0.4) is 0 Å². The number of rotatable bonds is 5. The molecular weight excluding hydrogens is 281 g/mol. The van der Waals surface area contributed by atoms with E-state index in [1.54, 1.807) is 14.0 Å². The van der Waals surface area contributed by atoms with E-state index in [9.17, 15) is 0 Å². The molecule has 1 atom stereocenters. The van der Waals surface area contributed by atoms with Gasteiger partial charge in [0.05, 0.1) is 7.11 Å². The summed E-state index contributed by atoms with van der Waals surface area (Å²) >= 11 is 12.3. The van der Waals surface area contributed by atoms with Crippen molar-refractivity contribution >= 4 is 23.2 Å². The first-order valence-corrected chi connectivity index (χ1v) is 6.99. The van der Waals surface area contributed by atoms with Gasteiger partial charge in [0.15, 0.2) is 0 Å². The highest BCUT2D eigenvalue weighted by Crippen LogP contribution is 2.24. The van der Waals surface area contributed by atoms with Crippen LogP contribution in [0.1, 0.15) is 25.8 Å². The van der Waals surface area contributed by atoms with Gasteiger partial charge in [0.1, 0.15) is 16.1 Å². The molecule has 1 aromatic carbocycles. The summed E-state index contributed by atoms with van der Waals surface area (Å²) in [5.74, 6) is 6.94. The van der Waals surface area contributed by atoms with E-state index in [0.29, 0.717) is 0 Å². The molecule has 0 aliphatic heterocycles. The molecule has 19 heavy (non-hydrogen) atoms. The minimum absolute atomic E-state index is 0.276. The summed E-state index contributed by atoms with van der Waals surface area (Å²) < 4.78 is 4.23. The van der Waals surface area contributed by atoms with Crippen molar-refractivity contribution in [3.63, 3.8) is 0 Å². The van der Waals surface area contributed by atoms with Crippen LogP contribution < -0.4 is 10.1 Å². The first kappa shape index (κ1) is 16.2. The van der Waals surface area contributed by atoms with Gasteiger partial charge < -0.3 is 10.1 Å². The molecule has 0 fully saturated rings. The SMILES string of the molecule is CCCNC(C#Cc1cccc(OC)c1)C(C)(Cl)Cl. The highest BCUT2D eigenvalue weighted by molar-refractivity contribution is 6.48. The molecule has 1 rings (SSSR count). The minimum Gasteiger partial charge on any atom is -0.497 e. The number of hydrogen-bond donors (Lipinski definition) is 1. The summed E-state index contributed by atoms with van der Waals surface area (Å²) in [6.45, 7) is 4.65. The third kappa shape index (κ3) is 5.74. The first-order chi connectivity index (χ1) is 8.97. The molecule has 1 aromatic rings. The van der Waals surface area contributed by atoms with Gasteiger partial charge in [-0.05, 0) is 38.1 Å². The summed E-state index contributed by atoms with van der Waals surface area (Å²) in [7, 11) is 1.63. The number of methoxy groups -OCH3 is 1. The number of nitrogens with one attached hydrogen (secondary N) is 1. The number of ether oxygens (including phenoxy) is 1. The fourth-order valence-electron chi connectivity index (χ4n) is 1.50. The molecule has 104 valence electrons. The van der Waals surface area contributed by atoms with Gasteiger partial charge in [0.25, 0.3) is 0 Å². The molecule has 0 bridgehead atoms. The van der Waals surface area contributed by atoms with E-state index in [1.165, 1.54) is 0 Å². The van der Waals surface area contributed by atoms with Crippen LogP contribution in [-0.2, 0) is 0 Å². The quantitative estimate of drug-likeness (QED) is 0.662. The summed E-state index contributed by atoms with van der Waals surface area (Å²) in [4.78, 5) is 0. The summed E-state index contributed by atoms with van der Waals surface area (Å²) in [6.07, 6.45) is 1.00. The maximum absolute atomic E-state index is 6.14. The summed E-state index contributed by atoms with van der Waals surface area (Å²) in [6, 6.07) is 7.31. The third-order valence-corrected chi connectivity index (χ3v) is 2.97. The normalized spacial score (nSPS) is 12.5. The Bertz CT molecular complexity index is 457. The Hall–Kier alpha value is -0.880. The van der Waals surface area contributed by atoms with Crippen LogP contribution in [0.25, 0.3) is 0 Å². The third-order valence-electron chi connectivity index (χ3n) is 2.54. The molecule has 4 heteroatoms. The van der Waals surface area contributed by atoms with Crippen molar-refractivity contribution in [2.75, 3.05) is 13.7 Å². The van der Waals surface area contributed by atoms with Gasteiger partial charge in [-0.15, -0.1) is 0 Å². The van der Waals surface area contributed by atoms with Crippen LogP contribution in [-0.4, -0.2) is 24.0 Å². The zero-order chi connectivity index (χ0) is 14.3. The Kier molecular flexibility index (Phi) is 6.51. The lowest BCUT2D eigenvalue weighted by Gasteiger charge is -2.22. The maximum Gasteiger partial charge on any atom is 0.141 e. The molecule has 1 N–H and O–H groups in total. The van der Waals surface area contributed by atoms with E-state index < -0.39 is 4.33 Å². The first-order valence-electron chi connectivity index (χ1n) is 6.24. The van der Waals surface area contributed by atoms with Gasteiger partial charge in [-0.1, -0.05) is 48.0 Å². The molecule has 1 unspecified atom stereocenters. The van der Waals surface area contributed by atoms with Crippen LogP contribution in [0.5, 0.6) is 5.75 Å². The van der Waals surface area contributed by atoms with E-state index in [0.717, 1.165) is 24.3 Å². The van der Waals surface area contributed by atoms with Crippen LogP contribution in [0.2, 0.25) is 0 Å². The van der Waals surface area contributed by atoms with Crippen LogP contribution in [0.15, 0.2) is 24.3 Å². The Morgan fingerprint density at radius 1 is 1.42 bits per heavy atom. The molecule has 2 nitrogen and oxygen atoms in total. The zero-order valence-corrected chi connectivity index (χ0v) is 13.0. The van der Waals surface area contributed by atoms with Crippen molar-refractivity contribution in [2.45, 2.75) is 30.6 Å². The minimum atomic E-state index is -0.930. The van der Waals surface area contributed by atoms with Gasteiger partial charge >= 0.3 is 0 Å². The predicted octanol–water partition coefficient (Wildman–Crippen LogP) is 3.61. The van der Waals surface area contributed by atoms with Crippen molar-refractivity contribution in [3.8, 4) is 17.6 Å². The monoisotopic (exact) mass is 299 g/mol. The predicted molar refractivity (Wildman–Crippen MR) is 82.1 cm³/mol. The van der Waals surface area contributed by atoms with E-state index in [4.69, 9.17) is 27.9 Å². The Labute approximate surface area is 125 Å². The average molecular weight is 300 g/mol. The van der Waals surface area contributed by atoms with Crippen LogP contribution in [0.4, 0.5) is 0 Å². The van der Waals surface area contributed by atoms with E-state index >= 15 is 0 Å². The summed E-state index contributed by atoms with van der Waals surface area (Å²) in [5, 5.41) is 3.24. The lowest BCUT2D eigenvalue weighted by Crippen LogP contribution is -2.40. The second kappa shape index (κ2) is 7.65. The Morgan fingerprint density at radius 2 is 2.16 bits per heavy atom. The van der Waals surface area contributed by atoms with Gasteiger partial charge in [-0.25, -0.2) is 0 Å². The highest BCUT2D eigenvalue weighted by Gasteiger charge is 2.27. The van der Waals surface area contributed by atoms with Crippen molar-refractivity contribution in [3.05, 3.63) is 29.8 Å². The molecule has 0 aromatic heterocycles. The Morgan fingerprint density at radius 3 is 2.74 bits per heavy atom. The summed E-state index contributed by atoms with van der Waals surface area (Å²) in [5.41, 5.74) is 0.875. The molecular formula is C15H19Cl2NO. The molecule has 0 heterocycles. The smallest absolute Gasteiger partial charge is 0.141 e. The van der Waals surface area contributed by atoms with Crippen molar-refractivity contribution in [1.29, 1.82) is 0 Å². The molecule has 0 saturated heterocycles. The average Bonchev–Trinajstić information content (AvgIpc) is 2.37. The van der Waals surface area contributed by atoms with Crippen molar-refractivity contribution in [2.24, 2.45) is 0 Å². The highest BCUT2D eigenvalue weighted by atomic mass is 35.5. The van der Waals surface area contributed by atoms with Crippen molar-refractivity contribution < 1.29 is 4.74 Å². The van der Waals surface area contributed by atoms with E-state index in [1.807, 2.05) is 24.3 Å². The van der Waals surface area contributed by atoms with Gasteiger partial charge in [0.2, 0.25) is 0 Å². The molecule has 0 amide bonds. The molecule has 0 spiro atoms. The lowest BCUT2D eigenvalue weighted by atomic mass is 10.1. The lowest BCUT2D eigenvalue weighted by molar-refractivity contribution is 0.414. The Balaban J connectivity index is 2.86. The number of halogens is 2.